The molecule has 1 aliphatic carbocycles. The van der Waals surface area contributed by atoms with Crippen LogP contribution in [0, 0.1) is 11.7 Å². The number of methoxy groups -OCH3 is 1. The molecule has 8 nitrogen and oxygen atoms in total. The van der Waals surface area contributed by atoms with Crippen LogP contribution in [0.2, 0.25) is 0 Å². The molecule has 0 saturated heterocycles. The number of benzene rings is 1. The molecule has 0 amide bonds. The van der Waals surface area contributed by atoms with E-state index < -0.39 is 11.8 Å². The smallest absolute Gasteiger partial charge is 0.339 e. The molecule has 28 heavy (non-hydrogen) atoms. The molecular weight excluding hydrogens is 369 g/mol. The molecular formula is C19H18FN3O5. The van der Waals surface area contributed by atoms with Gasteiger partial charge < -0.3 is 24.3 Å². The number of aromatic carboxylic acids is 1. The molecule has 0 atom stereocenters. The first-order chi connectivity index (χ1) is 13.6. The maximum absolute atomic E-state index is 14.6. The summed E-state index contributed by atoms with van der Waals surface area (Å²) < 4.78 is 30.6. The van der Waals surface area contributed by atoms with Crippen LogP contribution < -0.4 is 9.47 Å². The Morgan fingerprint density at radius 1 is 1.29 bits per heavy atom. The summed E-state index contributed by atoms with van der Waals surface area (Å²) in [5, 5.41) is 9.31. The minimum absolute atomic E-state index is 0.000548. The second-order valence-corrected chi connectivity index (χ2v) is 6.54. The zero-order valence-electron chi connectivity index (χ0n) is 15.1. The number of ether oxygens (including phenoxy) is 3. The third-order valence-corrected chi connectivity index (χ3v) is 4.49. The fraction of sp³-hybridized carbons (Fsp3) is 0.316. The number of halogens is 1. The number of carboxylic acids is 1. The van der Waals surface area contributed by atoms with Crippen molar-refractivity contribution in [2.24, 2.45) is 5.92 Å². The van der Waals surface area contributed by atoms with Gasteiger partial charge in [0.15, 0.2) is 18.4 Å². The van der Waals surface area contributed by atoms with Gasteiger partial charge in [0.1, 0.15) is 28.9 Å². The van der Waals surface area contributed by atoms with Crippen molar-refractivity contribution in [1.82, 2.24) is 15.0 Å². The minimum atomic E-state index is -1.12. The van der Waals surface area contributed by atoms with Gasteiger partial charge in [0.05, 0.1) is 12.1 Å². The van der Waals surface area contributed by atoms with Crippen LogP contribution in [0.5, 0.6) is 11.5 Å². The Kier molecular flexibility index (Phi) is 4.82. The van der Waals surface area contributed by atoms with E-state index in [0.717, 1.165) is 12.8 Å². The van der Waals surface area contributed by atoms with Crippen molar-refractivity contribution in [2.45, 2.75) is 12.8 Å². The number of hydrogen-bond acceptors (Lipinski definition) is 6. The highest BCUT2D eigenvalue weighted by atomic mass is 19.1. The first-order valence-electron chi connectivity index (χ1n) is 8.72. The molecule has 1 aromatic carbocycles. The van der Waals surface area contributed by atoms with Crippen molar-refractivity contribution in [3.05, 3.63) is 36.0 Å². The maximum Gasteiger partial charge on any atom is 0.339 e. The number of fused-ring (bicyclic) bond motifs is 1. The molecule has 2 heterocycles. The molecule has 4 rings (SSSR count). The lowest BCUT2D eigenvalue weighted by Crippen LogP contribution is -2.05. The van der Waals surface area contributed by atoms with Gasteiger partial charge in [0.2, 0.25) is 0 Å². The van der Waals surface area contributed by atoms with Gasteiger partial charge in [-0.05, 0) is 24.8 Å². The molecule has 2 aromatic heterocycles. The van der Waals surface area contributed by atoms with Crippen molar-refractivity contribution in [2.75, 3.05) is 20.5 Å². The molecule has 9 heteroatoms. The summed E-state index contributed by atoms with van der Waals surface area (Å²) in [6.07, 6.45) is 4.78. The number of aromatic amines is 1. The predicted octanol–water partition coefficient (Wildman–Crippen LogP) is 3.23. The minimum Gasteiger partial charge on any atom is -0.492 e. The maximum atomic E-state index is 14.6. The Bertz CT molecular complexity index is 1030. The Balaban J connectivity index is 1.82. The standard InChI is InChI=1S/C19H18FN3O5/c1-26-9-28-15-5-14(27-7-10-2-3-10)11(4-13(15)20)16-18-17(23-8-22-16)12(6-21-18)19(24)25/h4-6,8,10,21H,2-3,7,9H2,1H3,(H,24,25). The van der Waals surface area contributed by atoms with Crippen LogP contribution in [0.15, 0.2) is 24.7 Å². The van der Waals surface area contributed by atoms with E-state index in [4.69, 9.17) is 14.2 Å². The second kappa shape index (κ2) is 7.43. The number of carbonyl (C=O) groups is 1. The van der Waals surface area contributed by atoms with E-state index >= 15 is 0 Å². The van der Waals surface area contributed by atoms with Gasteiger partial charge in [-0.3, -0.25) is 0 Å². The molecule has 0 spiro atoms. The number of nitrogens with zero attached hydrogens (tertiary/aromatic N) is 2. The quantitative estimate of drug-likeness (QED) is 0.572. The Hall–Kier alpha value is -3.20. The molecule has 0 bridgehead atoms. The molecule has 146 valence electrons. The van der Waals surface area contributed by atoms with E-state index in [1.165, 1.54) is 31.8 Å². The SMILES string of the molecule is COCOc1cc(OCC2CC2)c(-c2ncnc3c(C(=O)O)c[nH]c23)cc1F. The van der Waals surface area contributed by atoms with Crippen molar-refractivity contribution in [1.29, 1.82) is 0 Å². The first kappa shape index (κ1) is 18.2. The average molecular weight is 387 g/mol. The number of aromatic nitrogens is 3. The second-order valence-electron chi connectivity index (χ2n) is 6.54. The van der Waals surface area contributed by atoms with Crippen LogP contribution in [0.25, 0.3) is 22.3 Å². The molecule has 1 fully saturated rings. The Morgan fingerprint density at radius 2 is 2.11 bits per heavy atom. The van der Waals surface area contributed by atoms with Gasteiger partial charge >= 0.3 is 5.97 Å². The number of nitrogens with one attached hydrogen (secondary N) is 1. The normalized spacial score (nSPS) is 13.6. The zero-order valence-corrected chi connectivity index (χ0v) is 15.1. The number of H-pyrrole nitrogens is 1. The molecule has 1 aliphatic rings. The summed E-state index contributed by atoms with van der Waals surface area (Å²) >= 11 is 0. The number of carboxylic acid groups (broad SMARTS) is 1. The lowest BCUT2D eigenvalue weighted by molar-refractivity contribution is 0.0481. The monoisotopic (exact) mass is 387 g/mol. The van der Waals surface area contributed by atoms with Crippen molar-refractivity contribution in [3.8, 4) is 22.8 Å². The fourth-order valence-electron chi connectivity index (χ4n) is 2.87. The topological polar surface area (TPSA) is 107 Å². The lowest BCUT2D eigenvalue weighted by Gasteiger charge is -2.14. The fourth-order valence-corrected chi connectivity index (χ4v) is 2.87. The summed E-state index contributed by atoms with van der Waals surface area (Å²) in [7, 11) is 1.44. The van der Waals surface area contributed by atoms with Gasteiger partial charge in [-0.1, -0.05) is 0 Å². The highest BCUT2D eigenvalue weighted by Crippen LogP contribution is 2.39. The van der Waals surface area contributed by atoms with Gasteiger partial charge in [0.25, 0.3) is 0 Å². The van der Waals surface area contributed by atoms with Crippen LogP contribution in [-0.4, -0.2) is 46.5 Å². The molecule has 1 saturated carbocycles. The van der Waals surface area contributed by atoms with Gasteiger partial charge in [-0.25, -0.2) is 19.2 Å². The van der Waals surface area contributed by atoms with Gasteiger partial charge in [-0.15, -0.1) is 0 Å². The third kappa shape index (κ3) is 3.48. The van der Waals surface area contributed by atoms with Crippen LogP contribution in [0.3, 0.4) is 0 Å². The number of hydrogen-bond donors (Lipinski definition) is 2. The van der Waals surface area contributed by atoms with E-state index in [2.05, 4.69) is 15.0 Å². The Labute approximate surface area is 159 Å². The summed E-state index contributed by atoms with van der Waals surface area (Å²) in [5.74, 6) is -0.848. The van der Waals surface area contributed by atoms with E-state index in [0.29, 0.717) is 35.0 Å². The van der Waals surface area contributed by atoms with Gasteiger partial charge in [-0.2, -0.15) is 0 Å². The largest absolute Gasteiger partial charge is 0.492 e. The van der Waals surface area contributed by atoms with Crippen molar-refractivity contribution < 1.29 is 28.5 Å². The highest BCUT2D eigenvalue weighted by Gasteiger charge is 2.25. The van der Waals surface area contributed by atoms with E-state index in [-0.39, 0.29) is 23.6 Å². The first-order valence-corrected chi connectivity index (χ1v) is 8.72. The van der Waals surface area contributed by atoms with Crippen LogP contribution in [-0.2, 0) is 4.74 Å². The third-order valence-electron chi connectivity index (χ3n) is 4.49. The molecule has 0 radical (unpaired) electrons. The summed E-state index contributed by atoms with van der Waals surface area (Å²) in [4.78, 5) is 22.5. The average Bonchev–Trinajstić information content (AvgIpc) is 3.41. The van der Waals surface area contributed by atoms with Crippen molar-refractivity contribution in [3.63, 3.8) is 0 Å². The highest BCUT2D eigenvalue weighted by molar-refractivity contribution is 6.04. The van der Waals surface area contributed by atoms with E-state index in [1.807, 2.05) is 0 Å². The predicted molar refractivity (Wildman–Crippen MR) is 97.0 cm³/mol. The summed E-state index contributed by atoms with van der Waals surface area (Å²) in [6, 6.07) is 2.72. The van der Waals surface area contributed by atoms with Crippen molar-refractivity contribution >= 4 is 17.0 Å². The van der Waals surface area contributed by atoms with E-state index in [1.54, 1.807) is 0 Å². The Morgan fingerprint density at radius 3 is 2.82 bits per heavy atom. The summed E-state index contributed by atoms with van der Waals surface area (Å²) in [6.45, 7) is 0.399. The molecule has 0 unspecified atom stereocenters. The van der Waals surface area contributed by atoms with E-state index in [9.17, 15) is 14.3 Å². The lowest BCUT2D eigenvalue weighted by atomic mass is 10.1. The molecule has 0 aliphatic heterocycles. The van der Waals surface area contributed by atoms with Crippen LogP contribution in [0.1, 0.15) is 23.2 Å². The molecule has 3 aromatic rings. The van der Waals surface area contributed by atoms with Crippen LogP contribution >= 0.6 is 0 Å². The van der Waals surface area contributed by atoms with Crippen LogP contribution in [0.4, 0.5) is 4.39 Å². The molecule has 2 N–H and O–H groups in total. The zero-order chi connectivity index (χ0) is 19.7. The van der Waals surface area contributed by atoms with Gasteiger partial charge in [0, 0.05) is 24.9 Å². The summed E-state index contributed by atoms with van der Waals surface area (Å²) in [5.41, 5.74) is 1.38. The number of rotatable bonds is 8.